The molecule has 0 saturated heterocycles. The molecule has 0 aliphatic carbocycles. The summed E-state index contributed by atoms with van der Waals surface area (Å²) in [5.41, 5.74) is -0.320. The highest BCUT2D eigenvalue weighted by molar-refractivity contribution is 6.04. The van der Waals surface area contributed by atoms with Crippen LogP contribution in [0.1, 0.15) is 16.1 Å². The number of benzene rings is 2. The van der Waals surface area contributed by atoms with E-state index in [2.05, 4.69) is 10.4 Å². The average molecular weight is 357 g/mol. The molecule has 2 aromatic carbocycles. The highest BCUT2D eigenvalue weighted by Crippen LogP contribution is 2.19. The Bertz CT molecular complexity index is 1060. The van der Waals surface area contributed by atoms with Crippen molar-refractivity contribution < 1.29 is 18.7 Å². The van der Waals surface area contributed by atoms with Gasteiger partial charge in [0.2, 0.25) is 0 Å². The Morgan fingerprint density at radius 3 is 2.65 bits per heavy atom. The Morgan fingerprint density at radius 2 is 1.92 bits per heavy atom. The first-order valence-electron chi connectivity index (χ1n) is 7.52. The molecule has 1 heterocycles. The van der Waals surface area contributed by atoms with Crippen LogP contribution >= 0.6 is 0 Å². The lowest BCUT2D eigenvalue weighted by molar-refractivity contribution is 0.101. The molecule has 0 bridgehead atoms. The predicted molar refractivity (Wildman–Crippen MR) is 90.5 cm³/mol. The van der Waals surface area contributed by atoms with E-state index in [0.29, 0.717) is 5.69 Å². The Labute approximate surface area is 146 Å². The van der Waals surface area contributed by atoms with Crippen molar-refractivity contribution in [3.63, 3.8) is 0 Å². The Balaban J connectivity index is 2.02. The van der Waals surface area contributed by atoms with E-state index in [4.69, 9.17) is 0 Å². The molecule has 0 aliphatic rings. The molecule has 1 aromatic heterocycles. The molecule has 132 valence electrons. The van der Waals surface area contributed by atoms with Gasteiger partial charge in [0.15, 0.2) is 11.4 Å². The number of carbonyl (C=O) groups excluding carboxylic acids is 1. The third kappa shape index (κ3) is 3.44. The van der Waals surface area contributed by atoms with Gasteiger partial charge in [-0.05, 0) is 36.8 Å². The summed E-state index contributed by atoms with van der Waals surface area (Å²) in [4.78, 5) is 24.4. The van der Waals surface area contributed by atoms with Gasteiger partial charge in [-0.2, -0.15) is 9.78 Å². The number of rotatable bonds is 3. The fourth-order valence-corrected chi connectivity index (χ4v) is 2.33. The lowest BCUT2D eigenvalue weighted by Crippen LogP contribution is -2.25. The van der Waals surface area contributed by atoms with Crippen LogP contribution in [0.4, 0.5) is 14.5 Å². The molecule has 0 aliphatic heterocycles. The van der Waals surface area contributed by atoms with E-state index >= 15 is 0 Å². The van der Waals surface area contributed by atoms with E-state index in [-0.39, 0.29) is 0 Å². The minimum atomic E-state index is -0.992. The van der Waals surface area contributed by atoms with E-state index in [1.807, 2.05) is 13.0 Å². The normalized spacial score (nSPS) is 10.6. The van der Waals surface area contributed by atoms with E-state index in [1.54, 1.807) is 18.2 Å². The third-order valence-corrected chi connectivity index (χ3v) is 3.55. The predicted octanol–water partition coefficient (Wildman–Crippen LogP) is 2.78. The van der Waals surface area contributed by atoms with Crippen molar-refractivity contribution in [2.45, 2.75) is 6.92 Å². The molecule has 2 N–H and O–H groups in total. The number of hydrogen-bond acceptors (Lipinski definition) is 4. The first-order chi connectivity index (χ1) is 12.3. The zero-order valence-electron chi connectivity index (χ0n) is 13.5. The number of carbonyl (C=O) groups is 1. The summed E-state index contributed by atoms with van der Waals surface area (Å²) in [7, 11) is 0. The smallest absolute Gasteiger partial charge is 0.280 e. The highest BCUT2D eigenvalue weighted by atomic mass is 19.1. The van der Waals surface area contributed by atoms with Gasteiger partial charge in [0.1, 0.15) is 11.6 Å². The molecule has 3 aromatic rings. The summed E-state index contributed by atoms with van der Waals surface area (Å²) in [5.74, 6) is -3.27. The number of aromatic nitrogens is 2. The SMILES string of the molecule is Cc1cccc(-n2nc(C(=O)Nc3cc(F)ccc3F)c(O)cc2=O)c1. The van der Waals surface area contributed by atoms with Crippen molar-refractivity contribution in [3.05, 3.63) is 81.8 Å². The van der Waals surface area contributed by atoms with Crippen molar-refractivity contribution in [3.8, 4) is 11.4 Å². The van der Waals surface area contributed by atoms with Crippen molar-refractivity contribution >= 4 is 11.6 Å². The van der Waals surface area contributed by atoms with Gasteiger partial charge >= 0.3 is 0 Å². The van der Waals surface area contributed by atoms with Gasteiger partial charge in [-0.1, -0.05) is 12.1 Å². The van der Waals surface area contributed by atoms with Gasteiger partial charge in [-0.25, -0.2) is 8.78 Å². The van der Waals surface area contributed by atoms with Crippen LogP contribution in [0, 0.1) is 18.6 Å². The van der Waals surface area contributed by atoms with Gasteiger partial charge in [0, 0.05) is 12.1 Å². The van der Waals surface area contributed by atoms with E-state index in [1.165, 1.54) is 0 Å². The fraction of sp³-hybridized carbons (Fsp3) is 0.0556. The van der Waals surface area contributed by atoms with Crippen molar-refractivity contribution in [2.24, 2.45) is 0 Å². The van der Waals surface area contributed by atoms with Crippen LogP contribution in [0.15, 0.2) is 53.3 Å². The number of nitrogens with zero attached hydrogens (tertiary/aromatic N) is 2. The topological polar surface area (TPSA) is 84.2 Å². The quantitative estimate of drug-likeness (QED) is 0.755. The van der Waals surface area contributed by atoms with E-state index < -0.39 is 40.2 Å². The molecule has 26 heavy (non-hydrogen) atoms. The van der Waals surface area contributed by atoms with Crippen LogP contribution in [-0.2, 0) is 0 Å². The monoisotopic (exact) mass is 357 g/mol. The zero-order chi connectivity index (χ0) is 18.8. The number of nitrogens with one attached hydrogen (secondary N) is 1. The van der Waals surface area contributed by atoms with Gasteiger partial charge in [-0.3, -0.25) is 9.59 Å². The van der Waals surface area contributed by atoms with Gasteiger partial charge in [-0.15, -0.1) is 0 Å². The van der Waals surface area contributed by atoms with Crippen LogP contribution in [-0.4, -0.2) is 20.8 Å². The second kappa shape index (κ2) is 6.75. The average Bonchev–Trinajstić information content (AvgIpc) is 2.58. The van der Waals surface area contributed by atoms with Crippen LogP contribution in [0.25, 0.3) is 5.69 Å². The molecule has 6 nitrogen and oxygen atoms in total. The van der Waals surface area contributed by atoms with Crippen LogP contribution in [0.2, 0.25) is 0 Å². The Morgan fingerprint density at radius 1 is 1.15 bits per heavy atom. The lowest BCUT2D eigenvalue weighted by Gasteiger charge is -2.10. The molecule has 0 radical (unpaired) electrons. The summed E-state index contributed by atoms with van der Waals surface area (Å²) in [6.45, 7) is 1.81. The van der Waals surface area contributed by atoms with Crippen LogP contribution in [0.3, 0.4) is 0 Å². The van der Waals surface area contributed by atoms with Crippen molar-refractivity contribution in [2.75, 3.05) is 5.32 Å². The molecule has 0 saturated carbocycles. The van der Waals surface area contributed by atoms with Gasteiger partial charge < -0.3 is 10.4 Å². The molecule has 0 atom stereocenters. The molecular weight excluding hydrogens is 344 g/mol. The zero-order valence-corrected chi connectivity index (χ0v) is 13.5. The number of halogens is 2. The molecule has 1 amide bonds. The summed E-state index contributed by atoms with van der Waals surface area (Å²) in [6, 6.07) is 10.2. The summed E-state index contributed by atoms with van der Waals surface area (Å²) >= 11 is 0. The van der Waals surface area contributed by atoms with Crippen molar-refractivity contribution in [1.82, 2.24) is 9.78 Å². The molecule has 3 rings (SSSR count). The standard InChI is InChI=1S/C18H13F2N3O3/c1-10-3-2-4-12(7-10)23-16(25)9-15(24)17(22-23)18(26)21-14-8-11(19)5-6-13(14)20/h2-9,24H,1H3,(H,21,26). The van der Waals surface area contributed by atoms with E-state index in [9.17, 15) is 23.5 Å². The number of anilines is 1. The maximum atomic E-state index is 13.7. The van der Waals surface area contributed by atoms with Crippen LogP contribution < -0.4 is 10.9 Å². The minimum absolute atomic E-state index is 0.390. The van der Waals surface area contributed by atoms with Crippen LogP contribution in [0.5, 0.6) is 5.75 Å². The van der Waals surface area contributed by atoms with Crippen molar-refractivity contribution in [1.29, 1.82) is 0 Å². The summed E-state index contributed by atoms with van der Waals surface area (Å²) < 4.78 is 27.8. The second-order valence-electron chi connectivity index (χ2n) is 5.55. The molecule has 0 spiro atoms. The molecular formula is C18H13F2N3O3. The first kappa shape index (κ1) is 17.3. The number of hydrogen-bond donors (Lipinski definition) is 2. The molecule has 0 unspecified atom stereocenters. The number of aromatic hydroxyl groups is 1. The molecule has 8 heteroatoms. The Kier molecular flexibility index (Phi) is 4.49. The fourth-order valence-electron chi connectivity index (χ4n) is 2.33. The van der Waals surface area contributed by atoms with Gasteiger partial charge in [0.25, 0.3) is 11.5 Å². The Hall–Kier alpha value is -3.55. The van der Waals surface area contributed by atoms with Gasteiger partial charge in [0.05, 0.1) is 11.4 Å². The summed E-state index contributed by atoms with van der Waals surface area (Å²) in [6.07, 6.45) is 0. The minimum Gasteiger partial charge on any atom is -0.505 e. The second-order valence-corrected chi connectivity index (χ2v) is 5.55. The number of amides is 1. The highest BCUT2D eigenvalue weighted by Gasteiger charge is 2.18. The maximum absolute atomic E-state index is 13.7. The first-order valence-corrected chi connectivity index (χ1v) is 7.52. The number of aryl methyl sites for hydroxylation is 1. The largest absolute Gasteiger partial charge is 0.505 e. The molecule has 0 fully saturated rings. The lowest BCUT2D eigenvalue weighted by atomic mass is 10.2. The third-order valence-electron chi connectivity index (χ3n) is 3.55. The maximum Gasteiger partial charge on any atom is 0.280 e. The van der Waals surface area contributed by atoms with E-state index in [0.717, 1.165) is 34.5 Å². The summed E-state index contributed by atoms with van der Waals surface area (Å²) in [5, 5.41) is 15.9.